The summed E-state index contributed by atoms with van der Waals surface area (Å²) in [7, 11) is 0. The van der Waals surface area contributed by atoms with Gasteiger partial charge in [0.25, 0.3) is 0 Å². The van der Waals surface area contributed by atoms with Gasteiger partial charge in [0, 0.05) is 12.1 Å². The SMILES string of the molecule is C/C=C/[C@H]1CCC[C@@H](C)N1. The molecule has 0 spiro atoms. The topological polar surface area (TPSA) is 12.0 Å². The van der Waals surface area contributed by atoms with Crippen LogP contribution >= 0.6 is 0 Å². The highest BCUT2D eigenvalue weighted by Gasteiger charge is 2.13. The third-order valence-electron chi connectivity index (χ3n) is 2.08. The molecule has 2 atom stereocenters. The summed E-state index contributed by atoms with van der Waals surface area (Å²) in [5.74, 6) is 0. The first-order chi connectivity index (χ1) is 4.83. The zero-order chi connectivity index (χ0) is 7.40. The average molecular weight is 139 g/mol. The van der Waals surface area contributed by atoms with E-state index in [4.69, 9.17) is 0 Å². The standard InChI is InChI=1S/C9H17N/c1-3-5-9-7-4-6-8(2)10-9/h3,5,8-10H,4,6-7H2,1-2H3/b5-3+/t8-,9+/m1/s1. The smallest absolute Gasteiger partial charge is 0.0252 e. The molecule has 0 aromatic carbocycles. The molecule has 1 heterocycles. The highest BCUT2D eigenvalue weighted by Crippen LogP contribution is 2.12. The van der Waals surface area contributed by atoms with Crippen LogP contribution in [-0.4, -0.2) is 12.1 Å². The Hall–Kier alpha value is -0.300. The fourth-order valence-corrected chi connectivity index (χ4v) is 1.56. The van der Waals surface area contributed by atoms with Gasteiger partial charge in [0.05, 0.1) is 0 Å². The van der Waals surface area contributed by atoms with Crippen molar-refractivity contribution in [3.05, 3.63) is 12.2 Å². The second kappa shape index (κ2) is 3.77. The molecule has 0 radical (unpaired) electrons. The molecule has 0 aromatic heterocycles. The third-order valence-corrected chi connectivity index (χ3v) is 2.08. The molecule has 1 heteroatoms. The Bertz CT molecular complexity index is 118. The summed E-state index contributed by atoms with van der Waals surface area (Å²) in [4.78, 5) is 0. The molecule has 1 aliphatic rings. The number of nitrogens with one attached hydrogen (secondary N) is 1. The highest BCUT2D eigenvalue weighted by atomic mass is 14.9. The minimum atomic E-state index is 0.647. The maximum Gasteiger partial charge on any atom is 0.0252 e. The maximum atomic E-state index is 3.53. The van der Waals surface area contributed by atoms with Crippen LogP contribution in [0.3, 0.4) is 0 Å². The van der Waals surface area contributed by atoms with Crippen molar-refractivity contribution in [2.45, 2.75) is 45.2 Å². The van der Waals surface area contributed by atoms with Crippen molar-refractivity contribution in [1.29, 1.82) is 0 Å². The van der Waals surface area contributed by atoms with E-state index < -0.39 is 0 Å². The summed E-state index contributed by atoms with van der Waals surface area (Å²) < 4.78 is 0. The van der Waals surface area contributed by atoms with Crippen LogP contribution in [-0.2, 0) is 0 Å². The number of rotatable bonds is 1. The summed E-state index contributed by atoms with van der Waals surface area (Å²) in [5.41, 5.74) is 0. The summed E-state index contributed by atoms with van der Waals surface area (Å²) in [6, 6.07) is 1.36. The third kappa shape index (κ3) is 2.14. The zero-order valence-corrected chi connectivity index (χ0v) is 6.93. The van der Waals surface area contributed by atoms with E-state index in [0.29, 0.717) is 6.04 Å². The van der Waals surface area contributed by atoms with Gasteiger partial charge in [0.2, 0.25) is 0 Å². The van der Waals surface area contributed by atoms with Crippen LogP contribution in [0.5, 0.6) is 0 Å². The minimum Gasteiger partial charge on any atom is -0.308 e. The van der Waals surface area contributed by atoms with E-state index in [-0.39, 0.29) is 0 Å². The monoisotopic (exact) mass is 139 g/mol. The Morgan fingerprint density at radius 1 is 1.40 bits per heavy atom. The molecule has 1 nitrogen and oxygen atoms in total. The van der Waals surface area contributed by atoms with Gasteiger partial charge < -0.3 is 5.32 Å². The molecule has 10 heavy (non-hydrogen) atoms. The van der Waals surface area contributed by atoms with Crippen molar-refractivity contribution < 1.29 is 0 Å². The van der Waals surface area contributed by atoms with E-state index in [9.17, 15) is 0 Å². The van der Waals surface area contributed by atoms with E-state index in [0.717, 1.165) is 6.04 Å². The maximum absolute atomic E-state index is 3.53. The van der Waals surface area contributed by atoms with E-state index in [1.807, 2.05) is 0 Å². The van der Waals surface area contributed by atoms with Gasteiger partial charge in [-0.05, 0) is 26.7 Å². The Labute approximate surface area is 63.5 Å². The predicted molar refractivity (Wildman–Crippen MR) is 45.1 cm³/mol. The molecule has 0 bridgehead atoms. The van der Waals surface area contributed by atoms with Gasteiger partial charge in [-0.25, -0.2) is 0 Å². The fourth-order valence-electron chi connectivity index (χ4n) is 1.56. The van der Waals surface area contributed by atoms with Gasteiger partial charge in [-0.3, -0.25) is 0 Å². The molecule has 0 aliphatic carbocycles. The fraction of sp³-hybridized carbons (Fsp3) is 0.778. The van der Waals surface area contributed by atoms with Crippen molar-refractivity contribution in [2.75, 3.05) is 0 Å². The Morgan fingerprint density at radius 2 is 2.20 bits per heavy atom. The van der Waals surface area contributed by atoms with Crippen LogP contribution in [0.15, 0.2) is 12.2 Å². The normalized spacial score (nSPS) is 35.0. The van der Waals surface area contributed by atoms with Crippen LogP contribution in [0.4, 0.5) is 0 Å². The van der Waals surface area contributed by atoms with Crippen molar-refractivity contribution in [2.24, 2.45) is 0 Å². The largest absolute Gasteiger partial charge is 0.308 e. The van der Waals surface area contributed by atoms with Crippen molar-refractivity contribution in [1.82, 2.24) is 5.32 Å². The molecule has 0 unspecified atom stereocenters. The van der Waals surface area contributed by atoms with Crippen LogP contribution in [0.25, 0.3) is 0 Å². The van der Waals surface area contributed by atoms with E-state index >= 15 is 0 Å². The molecule has 1 saturated heterocycles. The van der Waals surface area contributed by atoms with E-state index in [1.54, 1.807) is 0 Å². The Balaban J connectivity index is 2.32. The van der Waals surface area contributed by atoms with Gasteiger partial charge in [0.1, 0.15) is 0 Å². The summed E-state index contributed by atoms with van der Waals surface area (Å²) >= 11 is 0. The lowest BCUT2D eigenvalue weighted by atomic mass is 9.99. The summed E-state index contributed by atoms with van der Waals surface area (Å²) in [6.07, 6.45) is 8.43. The Morgan fingerprint density at radius 3 is 2.80 bits per heavy atom. The predicted octanol–water partition coefficient (Wildman–Crippen LogP) is 2.09. The zero-order valence-electron chi connectivity index (χ0n) is 6.93. The molecule has 1 rings (SSSR count). The quantitative estimate of drug-likeness (QED) is 0.548. The summed E-state index contributed by atoms with van der Waals surface area (Å²) in [5, 5.41) is 3.53. The first-order valence-corrected chi connectivity index (χ1v) is 4.22. The number of hydrogen-bond acceptors (Lipinski definition) is 1. The van der Waals surface area contributed by atoms with Gasteiger partial charge in [0.15, 0.2) is 0 Å². The molecule has 1 N–H and O–H groups in total. The molecule has 0 aromatic rings. The van der Waals surface area contributed by atoms with Crippen LogP contribution in [0.1, 0.15) is 33.1 Å². The molecule has 1 aliphatic heterocycles. The van der Waals surface area contributed by atoms with Crippen molar-refractivity contribution in [3.8, 4) is 0 Å². The number of piperidine rings is 1. The minimum absolute atomic E-state index is 0.647. The first kappa shape index (κ1) is 7.80. The van der Waals surface area contributed by atoms with Gasteiger partial charge in [-0.2, -0.15) is 0 Å². The summed E-state index contributed by atoms with van der Waals surface area (Å²) in [6.45, 7) is 4.34. The van der Waals surface area contributed by atoms with E-state index in [2.05, 4.69) is 31.3 Å². The van der Waals surface area contributed by atoms with Gasteiger partial charge in [-0.15, -0.1) is 0 Å². The van der Waals surface area contributed by atoms with Crippen LogP contribution in [0, 0.1) is 0 Å². The molecular formula is C9H17N. The average Bonchev–Trinajstić information content (AvgIpc) is 1.88. The van der Waals surface area contributed by atoms with Gasteiger partial charge in [-0.1, -0.05) is 18.6 Å². The second-order valence-corrected chi connectivity index (χ2v) is 3.13. The van der Waals surface area contributed by atoms with Crippen molar-refractivity contribution >= 4 is 0 Å². The molecular weight excluding hydrogens is 122 g/mol. The van der Waals surface area contributed by atoms with Crippen LogP contribution in [0.2, 0.25) is 0 Å². The second-order valence-electron chi connectivity index (χ2n) is 3.13. The van der Waals surface area contributed by atoms with E-state index in [1.165, 1.54) is 19.3 Å². The molecule has 58 valence electrons. The lowest BCUT2D eigenvalue weighted by Crippen LogP contribution is -2.39. The van der Waals surface area contributed by atoms with Crippen LogP contribution < -0.4 is 5.32 Å². The lowest BCUT2D eigenvalue weighted by molar-refractivity contribution is 0.374. The molecule has 0 amide bonds. The first-order valence-electron chi connectivity index (χ1n) is 4.22. The highest BCUT2D eigenvalue weighted by molar-refractivity contribution is 4.94. The number of hydrogen-bond donors (Lipinski definition) is 1. The van der Waals surface area contributed by atoms with Crippen molar-refractivity contribution in [3.63, 3.8) is 0 Å². The molecule has 0 saturated carbocycles. The number of allylic oxidation sites excluding steroid dienone is 1. The molecule has 1 fully saturated rings. The Kier molecular flexibility index (Phi) is 2.94. The lowest BCUT2D eigenvalue weighted by Gasteiger charge is -2.26. The van der Waals surface area contributed by atoms with Gasteiger partial charge >= 0.3 is 0 Å².